The number of hydrogen-bond donors (Lipinski definition) is 5. The van der Waals surface area contributed by atoms with Crippen molar-refractivity contribution in [3.05, 3.63) is 0 Å². The van der Waals surface area contributed by atoms with E-state index in [1.165, 1.54) is 0 Å². The molecule has 0 heterocycles. The van der Waals surface area contributed by atoms with Crippen LogP contribution in [0.5, 0.6) is 0 Å². The number of nitrogens with two attached hydrogens (primary N) is 1. The second-order valence-corrected chi connectivity index (χ2v) is 3.76. The maximum Gasteiger partial charge on any atom is 0.328 e. The van der Waals surface area contributed by atoms with Gasteiger partial charge in [-0.15, -0.1) is 0 Å². The van der Waals surface area contributed by atoms with Crippen molar-refractivity contribution in [2.45, 2.75) is 18.9 Å². The third-order valence-corrected chi connectivity index (χ3v) is 2.59. The maximum atomic E-state index is 11.6. The van der Waals surface area contributed by atoms with E-state index in [0.29, 0.717) is 25.1 Å². The van der Waals surface area contributed by atoms with E-state index in [1.807, 2.05) is 0 Å². The Labute approximate surface area is 99.6 Å². The van der Waals surface area contributed by atoms with Crippen molar-refractivity contribution in [1.29, 1.82) is 0 Å². The Morgan fingerprint density at radius 2 is 2.06 bits per heavy atom. The summed E-state index contributed by atoms with van der Waals surface area (Å²) in [5.41, 5.74) is 5.32. The Hall–Kier alpha value is -0.790. The van der Waals surface area contributed by atoms with Crippen molar-refractivity contribution in [2.75, 3.05) is 18.9 Å². The molecule has 94 valence electrons. The molecule has 0 saturated carbocycles. The lowest BCUT2D eigenvalue weighted by Crippen LogP contribution is -2.46. The molecule has 6 nitrogen and oxygen atoms in total. The zero-order valence-electron chi connectivity index (χ0n) is 8.93. The number of nitrogens with one attached hydrogen (secondary N) is 1. The fourth-order valence-electron chi connectivity index (χ4n) is 1.14. The van der Waals surface area contributed by atoms with Gasteiger partial charge in [-0.2, -0.15) is 12.6 Å². The highest BCUT2D eigenvalue weighted by Crippen LogP contribution is 2.08. The second-order valence-electron chi connectivity index (χ2n) is 3.39. The van der Waals surface area contributed by atoms with Gasteiger partial charge >= 0.3 is 5.97 Å². The molecule has 0 aliphatic rings. The fraction of sp³-hybridized carbons (Fsp3) is 0.778. The molecule has 1 unspecified atom stereocenters. The Kier molecular flexibility index (Phi) is 7.96. The van der Waals surface area contributed by atoms with Crippen LogP contribution >= 0.6 is 12.6 Å². The minimum Gasteiger partial charge on any atom is -0.480 e. The summed E-state index contributed by atoms with van der Waals surface area (Å²) in [4.78, 5) is 22.2. The van der Waals surface area contributed by atoms with Gasteiger partial charge in [-0.1, -0.05) is 0 Å². The lowest BCUT2D eigenvalue weighted by atomic mass is 10.0. The second kappa shape index (κ2) is 8.37. The van der Waals surface area contributed by atoms with Crippen LogP contribution in [0.3, 0.4) is 0 Å². The minimum atomic E-state index is -1.26. The average molecular weight is 250 g/mol. The number of rotatable bonds is 8. The van der Waals surface area contributed by atoms with Gasteiger partial charge in [0.15, 0.2) is 0 Å². The quantitative estimate of drug-likeness (QED) is 0.349. The highest BCUT2D eigenvalue weighted by Gasteiger charge is 2.23. The van der Waals surface area contributed by atoms with Crippen molar-refractivity contribution in [3.63, 3.8) is 0 Å². The van der Waals surface area contributed by atoms with Crippen LogP contribution in [0, 0.1) is 5.92 Å². The predicted octanol–water partition coefficient (Wildman–Crippen LogP) is -1.17. The number of carbonyl (C=O) groups excluding carboxylic acids is 1. The van der Waals surface area contributed by atoms with Crippen LogP contribution in [0.4, 0.5) is 0 Å². The van der Waals surface area contributed by atoms with Gasteiger partial charge < -0.3 is 21.3 Å². The van der Waals surface area contributed by atoms with E-state index >= 15 is 0 Å². The zero-order chi connectivity index (χ0) is 12.6. The zero-order valence-corrected chi connectivity index (χ0v) is 9.82. The number of aliphatic carboxylic acids is 1. The third-order valence-electron chi connectivity index (χ3n) is 2.15. The molecule has 0 bridgehead atoms. The van der Waals surface area contributed by atoms with Crippen LogP contribution in [0.2, 0.25) is 0 Å². The summed E-state index contributed by atoms with van der Waals surface area (Å²) in [5, 5.41) is 19.6. The Balaban J connectivity index is 4.23. The van der Waals surface area contributed by atoms with E-state index in [0.717, 1.165) is 0 Å². The van der Waals surface area contributed by atoms with Gasteiger partial charge in [-0.25, -0.2) is 4.79 Å². The number of hydrogen-bond acceptors (Lipinski definition) is 5. The summed E-state index contributed by atoms with van der Waals surface area (Å²) >= 11 is 4.02. The summed E-state index contributed by atoms with van der Waals surface area (Å²) in [6.07, 6.45) is 1.24. The number of carboxylic acid groups (broad SMARTS) is 1. The van der Waals surface area contributed by atoms with Gasteiger partial charge in [0.05, 0.1) is 6.61 Å². The first-order chi connectivity index (χ1) is 7.56. The van der Waals surface area contributed by atoms with Gasteiger partial charge in [0.1, 0.15) is 6.04 Å². The molecule has 0 saturated heterocycles. The van der Waals surface area contributed by atoms with E-state index in [9.17, 15) is 9.59 Å². The van der Waals surface area contributed by atoms with Crippen molar-refractivity contribution >= 4 is 24.5 Å². The summed E-state index contributed by atoms with van der Waals surface area (Å²) in [6, 6.07) is -1.26. The molecular weight excluding hydrogens is 232 g/mol. The number of aliphatic hydroxyl groups is 1. The molecule has 2 atom stereocenters. The van der Waals surface area contributed by atoms with Crippen LogP contribution in [0.15, 0.2) is 0 Å². The number of carbonyl (C=O) groups is 2. The van der Waals surface area contributed by atoms with Crippen LogP contribution in [0.25, 0.3) is 0 Å². The van der Waals surface area contributed by atoms with E-state index < -0.39 is 24.5 Å². The summed E-state index contributed by atoms with van der Waals surface area (Å²) in [6.45, 7) is -0.156. The van der Waals surface area contributed by atoms with Crippen LogP contribution in [0.1, 0.15) is 12.8 Å². The third kappa shape index (κ3) is 5.34. The van der Waals surface area contributed by atoms with Crippen molar-refractivity contribution < 1.29 is 19.8 Å². The molecule has 7 heteroatoms. The number of amides is 1. The van der Waals surface area contributed by atoms with Crippen molar-refractivity contribution in [1.82, 2.24) is 5.32 Å². The molecule has 0 aromatic carbocycles. The average Bonchev–Trinajstić information content (AvgIpc) is 2.26. The molecule has 16 heavy (non-hydrogen) atoms. The molecule has 0 spiro atoms. The van der Waals surface area contributed by atoms with E-state index in [2.05, 4.69) is 17.9 Å². The molecular formula is C9H18N2O4S. The van der Waals surface area contributed by atoms with Gasteiger partial charge in [0.25, 0.3) is 0 Å². The van der Waals surface area contributed by atoms with E-state index in [-0.39, 0.29) is 5.92 Å². The van der Waals surface area contributed by atoms with Crippen LogP contribution in [-0.2, 0) is 9.59 Å². The Bertz CT molecular complexity index is 238. The number of thiol groups is 1. The van der Waals surface area contributed by atoms with Gasteiger partial charge in [-0.3, -0.25) is 4.79 Å². The Morgan fingerprint density at radius 1 is 1.44 bits per heavy atom. The Morgan fingerprint density at radius 3 is 2.44 bits per heavy atom. The lowest BCUT2D eigenvalue weighted by molar-refractivity contribution is -0.143. The number of aliphatic hydroxyl groups excluding tert-OH is 1. The molecule has 0 fully saturated rings. The lowest BCUT2D eigenvalue weighted by Gasteiger charge is -2.17. The largest absolute Gasteiger partial charge is 0.480 e. The van der Waals surface area contributed by atoms with Gasteiger partial charge in [0.2, 0.25) is 5.91 Å². The molecule has 0 aromatic rings. The first-order valence-corrected chi connectivity index (χ1v) is 5.65. The molecule has 0 radical (unpaired) electrons. The van der Waals surface area contributed by atoms with Crippen molar-refractivity contribution in [3.8, 4) is 0 Å². The monoisotopic (exact) mass is 250 g/mol. The molecule has 1 amide bonds. The van der Waals surface area contributed by atoms with Crippen molar-refractivity contribution in [2.24, 2.45) is 11.7 Å². The molecule has 0 aliphatic heterocycles. The first kappa shape index (κ1) is 15.2. The van der Waals surface area contributed by atoms with E-state index in [1.54, 1.807) is 0 Å². The highest BCUT2D eigenvalue weighted by atomic mass is 32.1. The molecule has 5 N–H and O–H groups in total. The van der Waals surface area contributed by atoms with E-state index in [4.69, 9.17) is 15.9 Å². The first-order valence-electron chi connectivity index (χ1n) is 5.01. The van der Waals surface area contributed by atoms with Gasteiger partial charge in [0, 0.05) is 11.7 Å². The minimum absolute atomic E-state index is 0.323. The summed E-state index contributed by atoms with van der Waals surface area (Å²) in [5.74, 6) is -1.72. The standard InChI is InChI=1S/C9H18N2O4S/c10-3-1-2-6(5-16)8(13)11-7(4-12)9(14)15/h6-7,12,16H,1-5,10H2,(H,11,13)(H,14,15)/t6?,7-/m0/s1. The molecule has 0 aromatic heterocycles. The molecule has 0 aliphatic carbocycles. The summed E-state index contributed by atoms with van der Waals surface area (Å²) < 4.78 is 0. The number of carboxylic acids is 1. The predicted molar refractivity (Wildman–Crippen MR) is 62.3 cm³/mol. The van der Waals surface area contributed by atoms with Crippen LogP contribution in [-0.4, -0.2) is 47.0 Å². The SMILES string of the molecule is NCCCC(CS)C(=O)N[C@@H](CO)C(=O)O. The fourth-order valence-corrected chi connectivity index (χ4v) is 1.49. The summed E-state index contributed by atoms with van der Waals surface area (Å²) in [7, 11) is 0. The van der Waals surface area contributed by atoms with Crippen LogP contribution < -0.4 is 11.1 Å². The topological polar surface area (TPSA) is 113 Å². The maximum absolute atomic E-state index is 11.6. The van der Waals surface area contributed by atoms with Gasteiger partial charge in [-0.05, 0) is 19.4 Å². The normalized spacial score (nSPS) is 14.2. The highest BCUT2D eigenvalue weighted by molar-refractivity contribution is 7.80. The molecule has 0 rings (SSSR count). The smallest absolute Gasteiger partial charge is 0.328 e.